The van der Waals surface area contributed by atoms with E-state index in [2.05, 4.69) is 9.88 Å². The van der Waals surface area contributed by atoms with Crippen LogP contribution in [0, 0.1) is 0 Å². The predicted octanol–water partition coefficient (Wildman–Crippen LogP) is 1.09. The van der Waals surface area contributed by atoms with Crippen LogP contribution in [0.4, 0.5) is 0 Å². The van der Waals surface area contributed by atoms with Gasteiger partial charge in [0.15, 0.2) is 0 Å². The van der Waals surface area contributed by atoms with Crippen molar-refractivity contribution in [3.63, 3.8) is 0 Å². The fourth-order valence-electron chi connectivity index (χ4n) is 3.66. The van der Waals surface area contributed by atoms with Crippen molar-refractivity contribution in [3.8, 4) is 0 Å². The molecule has 0 amide bonds. The second kappa shape index (κ2) is 6.84. The number of fused-ring (bicyclic) bond motifs is 1. The highest BCUT2D eigenvalue weighted by molar-refractivity contribution is 7.89. The summed E-state index contributed by atoms with van der Waals surface area (Å²) in [5, 5.41) is 0. The Kier molecular flexibility index (Phi) is 5.01. The maximum Gasteiger partial charge on any atom is 0.214 e. The van der Waals surface area contributed by atoms with Crippen molar-refractivity contribution >= 4 is 10.0 Å². The normalized spacial score (nSPS) is 28.9. The summed E-state index contributed by atoms with van der Waals surface area (Å²) in [6.07, 6.45) is 5.39. The minimum Gasteiger partial charge on any atom is -0.375 e. The van der Waals surface area contributed by atoms with E-state index in [0.717, 1.165) is 31.6 Å². The van der Waals surface area contributed by atoms with Crippen LogP contribution in [0.1, 0.15) is 25.3 Å². The van der Waals surface area contributed by atoms with Crippen LogP contribution in [0.3, 0.4) is 0 Å². The molecule has 0 radical (unpaired) electrons. The van der Waals surface area contributed by atoms with Gasteiger partial charge in [0.2, 0.25) is 10.0 Å². The molecule has 0 spiro atoms. The van der Waals surface area contributed by atoms with Gasteiger partial charge in [-0.05, 0) is 38.4 Å². The summed E-state index contributed by atoms with van der Waals surface area (Å²) in [7, 11) is -1.16. The first-order valence-corrected chi connectivity index (χ1v) is 9.84. The molecule has 128 valence electrons. The van der Waals surface area contributed by atoms with Crippen LogP contribution >= 0.6 is 0 Å². The summed E-state index contributed by atoms with van der Waals surface area (Å²) in [6.45, 7) is 3.69. The molecular weight excluding hydrogens is 314 g/mol. The average molecular weight is 339 g/mol. The van der Waals surface area contributed by atoms with Gasteiger partial charge in [-0.2, -0.15) is 4.31 Å². The van der Waals surface area contributed by atoms with Crippen molar-refractivity contribution in [2.24, 2.45) is 0 Å². The van der Waals surface area contributed by atoms with E-state index in [1.807, 2.05) is 25.4 Å². The predicted molar refractivity (Wildman–Crippen MR) is 88.4 cm³/mol. The fraction of sp³-hybridized carbons (Fsp3) is 0.688. The number of rotatable bonds is 5. The van der Waals surface area contributed by atoms with Crippen LogP contribution in [-0.2, 0) is 21.3 Å². The van der Waals surface area contributed by atoms with E-state index in [4.69, 9.17) is 4.74 Å². The lowest BCUT2D eigenvalue weighted by atomic mass is 10.0. The van der Waals surface area contributed by atoms with Gasteiger partial charge in [-0.1, -0.05) is 6.07 Å². The van der Waals surface area contributed by atoms with Crippen molar-refractivity contribution in [3.05, 3.63) is 30.1 Å². The molecule has 2 aliphatic heterocycles. The highest BCUT2D eigenvalue weighted by Gasteiger charge is 2.49. The summed E-state index contributed by atoms with van der Waals surface area (Å²) in [4.78, 5) is 6.35. The molecule has 23 heavy (non-hydrogen) atoms. The zero-order chi connectivity index (χ0) is 16.4. The maximum atomic E-state index is 12.4. The molecule has 1 aromatic rings. The second-order valence-corrected chi connectivity index (χ2v) is 8.57. The smallest absolute Gasteiger partial charge is 0.214 e. The summed E-state index contributed by atoms with van der Waals surface area (Å²) in [6, 6.07) is 4.03. The van der Waals surface area contributed by atoms with Gasteiger partial charge in [-0.25, -0.2) is 8.42 Å². The minimum absolute atomic E-state index is 0.0185. The molecule has 0 aliphatic carbocycles. The molecule has 2 fully saturated rings. The lowest BCUT2D eigenvalue weighted by Gasteiger charge is -2.34. The van der Waals surface area contributed by atoms with E-state index in [1.54, 1.807) is 17.4 Å². The first-order valence-electron chi connectivity index (χ1n) is 8.23. The van der Waals surface area contributed by atoms with Gasteiger partial charge in [0.1, 0.15) is 0 Å². The number of ether oxygens (including phenoxy) is 1. The molecular formula is C16H25N3O3S. The van der Waals surface area contributed by atoms with Gasteiger partial charge in [-0.3, -0.25) is 9.88 Å². The number of nitrogens with zero attached hydrogens (tertiary/aromatic N) is 3. The van der Waals surface area contributed by atoms with Crippen LogP contribution in [0.2, 0.25) is 0 Å². The van der Waals surface area contributed by atoms with Crippen LogP contribution in [0.25, 0.3) is 0 Å². The Hall–Kier alpha value is -1.02. The molecule has 0 unspecified atom stereocenters. The van der Waals surface area contributed by atoms with E-state index >= 15 is 0 Å². The van der Waals surface area contributed by atoms with Crippen molar-refractivity contribution in [2.75, 3.05) is 26.0 Å². The molecule has 0 bridgehead atoms. The standard InChI is InChI=1S/C16H25N3O3S/c1-3-23(20,21)19-12-15(16-14(19)7-5-9-22-16)18(2)11-13-6-4-8-17-10-13/h4,6,8,10,14-16H,3,5,7,9,11-12H2,1-2H3/t14-,15-,16+/m0/s1. The average Bonchev–Trinajstić information content (AvgIpc) is 2.96. The Morgan fingerprint density at radius 1 is 1.48 bits per heavy atom. The van der Waals surface area contributed by atoms with E-state index in [-0.39, 0.29) is 23.9 Å². The fourth-order valence-corrected chi connectivity index (χ4v) is 5.01. The Labute approximate surface area is 138 Å². The molecule has 7 heteroatoms. The second-order valence-electron chi connectivity index (χ2n) is 6.36. The maximum absolute atomic E-state index is 12.4. The lowest BCUT2D eigenvalue weighted by molar-refractivity contribution is -0.0317. The summed E-state index contributed by atoms with van der Waals surface area (Å²) in [5.74, 6) is 0.148. The van der Waals surface area contributed by atoms with Crippen molar-refractivity contribution in [1.29, 1.82) is 0 Å². The van der Waals surface area contributed by atoms with Gasteiger partial charge in [0.05, 0.1) is 23.9 Å². The number of hydrogen-bond donors (Lipinski definition) is 0. The molecule has 1 aromatic heterocycles. The van der Waals surface area contributed by atoms with Gasteiger partial charge in [0, 0.05) is 32.1 Å². The van der Waals surface area contributed by atoms with E-state index < -0.39 is 10.0 Å². The van der Waals surface area contributed by atoms with Crippen LogP contribution in [0.15, 0.2) is 24.5 Å². The zero-order valence-electron chi connectivity index (χ0n) is 13.8. The number of sulfonamides is 1. The molecule has 0 N–H and O–H groups in total. The van der Waals surface area contributed by atoms with Gasteiger partial charge < -0.3 is 4.74 Å². The molecule has 3 atom stereocenters. The third kappa shape index (κ3) is 3.42. The number of aromatic nitrogens is 1. The SMILES string of the molecule is CCS(=O)(=O)N1C[C@H](N(C)Cc2cccnc2)[C@@H]2OCCC[C@@H]21. The molecule has 0 aromatic carbocycles. The minimum atomic E-state index is -3.19. The Morgan fingerprint density at radius 2 is 2.30 bits per heavy atom. The molecule has 6 nitrogen and oxygen atoms in total. The van der Waals surface area contributed by atoms with E-state index in [0.29, 0.717) is 6.54 Å². The van der Waals surface area contributed by atoms with Gasteiger partial charge >= 0.3 is 0 Å². The highest BCUT2D eigenvalue weighted by Crippen LogP contribution is 2.33. The third-order valence-corrected chi connectivity index (χ3v) is 6.76. The van der Waals surface area contributed by atoms with Crippen molar-refractivity contribution in [2.45, 2.75) is 44.5 Å². The van der Waals surface area contributed by atoms with Crippen LogP contribution < -0.4 is 0 Å². The number of pyridine rings is 1. The first-order chi connectivity index (χ1) is 11.0. The van der Waals surface area contributed by atoms with Crippen LogP contribution in [0.5, 0.6) is 0 Å². The summed E-state index contributed by atoms with van der Waals surface area (Å²) in [5.41, 5.74) is 1.12. The van der Waals surface area contributed by atoms with E-state index in [9.17, 15) is 8.42 Å². The topological polar surface area (TPSA) is 62.7 Å². The Morgan fingerprint density at radius 3 is 3.00 bits per heavy atom. The molecule has 0 saturated carbocycles. The number of likely N-dealkylation sites (N-methyl/N-ethyl adjacent to an activating group) is 1. The Balaban J connectivity index is 1.78. The van der Waals surface area contributed by atoms with Crippen molar-refractivity contribution in [1.82, 2.24) is 14.2 Å². The van der Waals surface area contributed by atoms with E-state index in [1.165, 1.54) is 0 Å². The quantitative estimate of drug-likeness (QED) is 0.804. The molecule has 2 saturated heterocycles. The monoisotopic (exact) mass is 339 g/mol. The van der Waals surface area contributed by atoms with Gasteiger partial charge in [0.25, 0.3) is 0 Å². The summed E-state index contributed by atoms with van der Waals surface area (Å²) >= 11 is 0. The first kappa shape index (κ1) is 16.8. The highest BCUT2D eigenvalue weighted by atomic mass is 32.2. The largest absolute Gasteiger partial charge is 0.375 e. The molecule has 2 aliphatic rings. The van der Waals surface area contributed by atoms with Crippen LogP contribution in [-0.4, -0.2) is 66.7 Å². The lowest BCUT2D eigenvalue weighted by Crippen LogP contribution is -2.46. The molecule has 3 rings (SSSR count). The summed E-state index contributed by atoms with van der Waals surface area (Å²) < 4.78 is 32.5. The zero-order valence-corrected chi connectivity index (χ0v) is 14.6. The van der Waals surface area contributed by atoms with Crippen molar-refractivity contribution < 1.29 is 13.2 Å². The van der Waals surface area contributed by atoms with Gasteiger partial charge in [-0.15, -0.1) is 0 Å². The Bertz CT molecular complexity index is 623. The number of hydrogen-bond acceptors (Lipinski definition) is 5. The third-order valence-electron chi connectivity index (χ3n) is 4.89. The molecule has 3 heterocycles.